The first-order valence-electron chi connectivity index (χ1n) is 8.14. The molecular weight excluding hydrogens is 365 g/mol. The van der Waals surface area contributed by atoms with E-state index in [1.54, 1.807) is 6.92 Å². The molecule has 0 fully saturated rings. The van der Waals surface area contributed by atoms with Crippen LogP contribution in [0.1, 0.15) is 38.1 Å². The van der Waals surface area contributed by atoms with Gasteiger partial charge in [0.15, 0.2) is 0 Å². The summed E-state index contributed by atoms with van der Waals surface area (Å²) in [6, 6.07) is 1.78. The minimum Gasteiger partial charge on any atom is -0.354 e. The molecule has 0 bridgehead atoms. The maximum atomic E-state index is 13.0. The van der Waals surface area contributed by atoms with E-state index in [9.17, 15) is 13.2 Å². The molecule has 0 amide bonds. The lowest BCUT2D eigenvalue weighted by molar-refractivity contribution is -0.144. The molecular formula is C16H19F3N6S. The average Bonchev–Trinajstić information content (AvgIpc) is 3.05. The van der Waals surface area contributed by atoms with Crippen molar-refractivity contribution in [2.45, 2.75) is 45.3 Å². The number of aryl methyl sites for hydroxylation is 1. The summed E-state index contributed by atoms with van der Waals surface area (Å²) in [4.78, 5) is 14.4. The molecule has 2 aromatic rings. The summed E-state index contributed by atoms with van der Waals surface area (Å²) in [7, 11) is 0. The predicted octanol–water partition coefficient (Wildman–Crippen LogP) is 4.76. The Labute approximate surface area is 153 Å². The second-order valence-electron chi connectivity index (χ2n) is 5.49. The first-order valence-corrected chi connectivity index (χ1v) is 9.02. The Morgan fingerprint density at radius 1 is 1.23 bits per heavy atom. The fraction of sp³-hybridized carbons (Fsp3) is 0.500. The van der Waals surface area contributed by atoms with E-state index < -0.39 is 12.0 Å². The summed E-state index contributed by atoms with van der Waals surface area (Å²) in [5.41, 5.74) is 0.949. The fourth-order valence-electron chi connectivity index (χ4n) is 2.31. The van der Waals surface area contributed by atoms with Crippen LogP contribution in [0.15, 0.2) is 11.4 Å². The number of anilines is 2. The van der Waals surface area contributed by atoms with Gasteiger partial charge in [-0.05, 0) is 37.1 Å². The van der Waals surface area contributed by atoms with Crippen LogP contribution >= 0.6 is 11.3 Å². The second-order valence-corrected chi connectivity index (χ2v) is 6.38. The molecule has 2 rings (SSSR count). The van der Waals surface area contributed by atoms with Gasteiger partial charge in [0.05, 0.1) is 6.57 Å². The van der Waals surface area contributed by atoms with E-state index in [1.165, 1.54) is 11.3 Å². The first kappa shape index (κ1) is 19.9. The highest BCUT2D eigenvalue weighted by molar-refractivity contribution is 7.14. The van der Waals surface area contributed by atoms with E-state index in [0.717, 1.165) is 5.56 Å². The molecule has 0 saturated carbocycles. The monoisotopic (exact) mass is 384 g/mol. The van der Waals surface area contributed by atoms with Gasteiger partial charge in [0.2, 0.25) is 22.7 Å². The van der Waals surface area contributed by atoms with Crippen LogP contribution < -0.4 is 10.6 Å². The van der Waals surface area contributed by atoms with E-state index in [1.807, 2.05) is 18.4 Å². The lowest BCUT2D eigenvalue weighted by Gasteiger charge is -2.18. The molecule has 0 aliphatic heterocycles. The minimum absolute atomic E-state index is 0.106. The molecule has 26 heavy (non-hydrogen) atoms. The molecule has 0 spiro atoms. The molecule has 0 aromatic carbocycles. The van der Waals surface area contributed by atoms with Crippen molar-refractivity contribution >= 4 is 28.2 Å². The molecule has 2 aromatic heterocycles. The fourth-order valence-corrected chi connectivity index (χ4v) is 3.05. The zero-order valence-electron chi connectivity index (χ0n) is 14.4. The van der Waals surface area contributed by atoms with Crippen LogP contribution in [0.5, 0.6) is 0 Å². The van der Waals surface area contributed by atoms with Crippen LogP contribution in [0.25, 0.3) is 4.85 Å². The molecule has 140 valence electrons. The number of rotatable bonds is 8. The number of alkyl halides is 3. The zero-order chi connectivity index (χ0) is 19.2. The number of hydrogen-bond donors (Lipinski definition) is 2. The highest BCUT2D eigenvalue weighted by Crippen LogP contribution is 2.29. The average molecular weight is 384 g/mol. The standard InChI is InChI=1S/C16H19F3N6S/c1-4-11(7-6-10-8-9-26-12(10)20-3)22-15-24-13(16(17,18)19)23-14(25-15)21-5-2/h8-9,11H,4-7H2,1-2H3,(H2,21,22,23,24,25). The quantitative estimate of drug-likeness (QED) is 0.643. The molecule has 2 N–H and O–H groups in total. The SMILES string of the molecule is [C-]#[N+]c1sccc1CCC(CC)Nc1nc(NCC)nc(C(F)(F)F)n1. The van der Waals surface area contributed by atoms with Gasteiger partial charge in [-0.2, -0.15) is 39.5 Å². The molecule has 6 nitrogen and oxygen atoms in total. The van der Waals surface area contributed by atoms with E-state index in [0.29, 0.717) is 30.8 Å². The maximum absolute atomic E-state index is 13.0. The topological polar surface area (TPSA) is 67.1 Å². The van der Waals surface area contributed by atoms with E-state index >= 15 is 0 Å². The summed E-state index contributed by atoms with van der Waals surface area (Å²) in [6.45, 7) is 11.2. The molecule has 0 radical (unpaired) electrons. The summed E-state index contributed by atoms with van der Waals surface area (Å²) >= 11 is 1.38. The van der Waals surface area contributed by atoms with Crippen LogP contribution in [-0.2, 0) is 12.6 Å². The Kier molecular flexibility index (Phi) is 6.74. The van der Waals surface area contributed by atoms with Gasteiger partial charge in [-0.25, -0.2) is 4.85 Å². The third-order valence-electron chi connectivity index (χ3n) is 3.64. The third-order valence-corrected chi connectivity index (χ3v) is 4.49. The number of halogens is 3. The smallest absolute Gasteiger partial charge is 0.354 e. The third kappa shape index (κ3) is 5.29. The first-order chi connectivity index (χ1) is 12.4. The van der Waals surface area contributed by atoms with E-state index in [2.05, 4.69) is 30.4 Å². The number of thiophene rings is 1. The Hall–Kier alpha value is -2.41. The Bertz CT molecular complexity index is 768. The van der Waals surface area contributed by atoms with Gasteiger partial charge in [-0.3, -0.25) is 0 Å². The van der Waals surface area contributed by atoms with Crippen LogP contribution in [0.3, 0.4) is 0 Å². The van der Waals surface area contributed by atoms with Crippen molar-refractivity contribution in [3.05, 3.63) is 34.3 Å². The van der Waals surface area contributed by atoms with Crippen molar-refractivity contribution in [1.29, 1.82) is 0 Å². The number of hydrogen-bond acceptors (Lipinski definition) is 6. The van der Waals surface area contributed by atoms with Crippen molar-refractivity contribution in [2.75, 3.05) is 17.2 Å². The Morgan fingerprint density at radius 2 is 1.96 bits per heavy atom. The Morgan fingerprint density at radius 3 is 2.58 bits per heavy atom. The summed E-state index contributed by atoms with van der Waals surface area (Å²) in [6.07, 6.45) is -2.66. The highest BCUT2D eigenvalue weighted by atomic mass is 32.1. The van der Waals surface area contributed by atoms with Crippen LogP contribution in [-0.4, -0.2) is 27.5 Å². The lowest BCUT2D eigenvalue weighted by atomic mass is 10.1. The van der Waals surface area contributed by atoms with Crippen molar-refractivity contribution in [3.63, 3.8) is 0 Å². The lowest BCUT2D eigenvalue weighted by Crippen LogP contribution is -2.23. The maximum Gasteiger partial charge on any atom is 0.451 e. The number of aromatic nitrogens is 3. The minimum atomic E-state index is -4.65. The van der Waals surface area contributed by atoms with Gasteiger partial charge in [0.1, 0.15) is 0 Å². The summed E-state index contributed by atoms with van der Waals surface area (Å²) in [5, 5.41) is 8.16. The summed E-state index contributed by atoms with van der Waals surface area (Å²) < 4.78 is 39.0. The van der Waals surface area contributed by atoms with Gasteiger partial charge in [-0.15, -0.1) is 0 Å². The van der Waals surface area contributed by atoms with Gasteiger partial charge < -0.3 is 10.6 Å². The van der Waals surface area contributed by atoms with E-state index in [-0.39, 0.29) is 17.9 Å². The van der Waals surface area contributed by atoms with Crippen molar-refractivity contribution in [2.24, 2.45) is 0 Å². The summed E-state index contributed by atoms with van der Waals surface area (Å²) in [5.74, 6) is -1.44. The zero-order valence-corrected chi connectivity index (χ0v) is 15.2. The normalized spacial score (nSPS) is 12.5. The Balaban J connectivity index is 2.13. The molecule has 2 heterocycles. The van der Waals surface area contributed by atoms with Crippen molar-refractivity contribution < 1.29 is 13.2 Å². The van der Waals surface area contributed by atoms with Crippen LogP contribution in [0, 0.1) is 6.57 Å². The molecule has 10 heteroatoms. The highest BCUT2D eigenvalue weighted by Gasteiger charge is 2.36. The van der Waals surface area contributed by atoms with Crippen LogP contribution in [0.4, 0.5) is 30.1 Å². The molecule has 0 aliphatic carbocycles. The number of nitrogens with zero attached hydrogens (tertiary/aromatic N) is 4. The molecule has 1 unspecified atom stereocenters. The largest absolute Gasteiger partial charge is 0.451 e. The second kappa shape index (κ2) is 8.80. The molecule has 0 aliphatic rings. The van der Waals surface area contributed by atoms with Gasteiger partial charge in [0.25, 0.3) is 0 Å². The van der Waals surface area contributed by atoms with E-state index in [4.69, 9.17) is 6.57 Å². The molecule has 0 saturated heterocycles. The predicted molar refractivity (Wildman–Crippen MR) is 95.6 cm³/mol. The van der Waals surface area contributed by atoms with Gasteiger partial charge in [0, 0.05) is 12.6 Å². The van der Waals surface area contributed by atoms with Crippen molar-refractivity contribution in [3.8, 4) is 0 Å². The van der Waals surface area contributed by atoms with Crippen LogP contribution in [0.2, 0.25) is 0 Å². The molecule has 1 atom stereocenters. The van der Waals surface area contributed by atoms with Gasteiger partial charge >= 0.3 is 6.18 Å². The van der Waals surface area contributed by atoms with Gasteiger partial charge in [-0.1, -0.05) is 13.0 Å². The van der Waals surface area contributed by atoms with Crippen molar-refractivity contribution in [1.82, 2.24) is 15.0 Å². The number of nitrogens with one attached hydrogen (secondary N) is 2.